The van der Waals surface area contributed by atoms with E-state index in [0.29, 0.717) is 19.4 Å². The fourth-order valence-electron chi connectivity index (χ4n) is 4.20. The highest BCUT2D eigenvalue weighted by Gasteiger charge is 2.30. The van der Waals surface area contributed by atoms with Crippen LogP contribution >= 0.6 is 0 Å². The fraction of sp³-hybridized carbons (Fsp3) is 0.400. The first-order valence-corrected chi connectivity index (χ1v) is 11.1. The Morgan fingerprint density at radius 1 is 1.03 bits per heavy atom. The summed E-state index contributed by atoms with van der Waals surface area (Å²) in [5.41, 5.74) is 4.53. The molecule has 170 valence electrons. The molecule has 1 aliphatic carbocycles. The van der Waals surface area contributed by atoms with Gasteiger partial charge in [0.1, 0.15) is 12.6 Å². The summed E-state index contributed by atoms with van der Waals surface area (Å²) in [4.78, 5) is 37.8. The number of carbonyl (C=O) groups excluding carboxylic acids is 2. The summed E-state index contributed by atoms with van der Waals surface area (Å²) in [6, 6.07) is 15.4. The van der Waals surface area contributed by atoms with Crippen LogP contribution in [0.2, 0.25) is 0 Å². The van der Waals surface area contributed by atoms with Crippen molar-refractivity contribution in [2.45, 2.75) is 45.1 Å². The predicted molar refractivity (Wildman–Crippen MR) is 121 cm³/mol. The first-order valence-electron chi connectivity index (χ1n) is 11.1. The van der Waals surface area contributed by atoms with Crippen LogP contribution in [0.3, 0.4) is 0 Å². The van der Waals surface area contributed by atoms with E-state index in [4.69, 9.17) is 9.84 Å². The molecule has 0 bridgehead atoms. The minimum atomic E-state index is -0.965. The van der Waals surface area contributed by atoms with Gasteiger partial charge >= 0.3 is 12.1 Å². The highest BCUT2D eigenvalue weighted by atomic mass is 16.5. The van der Waals surface area contributed by atoms with Crippen LogP contribution in [0.25, 0.3) is 11.1 Å². The van der Waals surface area contributed by atoms with Crippen molar-refractivity contribution in [3.05, 3.63) is 59.7 Å². The number of likely N-dealkylation sites (N-methyl/N-ethyl adjacent to an activating group) is 1. The highest BCUT2D eigenvalue weighted by Crippen LogP contribution is 2.44. The van der Waals surface area contributed by atoms with Gasteiger partial charge in [-0.2, -0.15) is 0 Å². The summed E-state index contributed by atoms with van der Waals surface area (Å²) in [5.74, 6) is -1.31. The molecule has 0 heterocycles. The zero-order valence-corrected chi connectivity index (χ0v) is 18.5. The summed E-state index contributed by atoms with van der Waals surface area (Å²) < 4.78 is 5.56. The number of alkyl carbamates (subject to hydrolysis) is 1. The third-order valence-corrected chi connectivity index (χ3v) is 5.80. The average Bonchev–Trinajstić information content (AvgIpc) is 3.11. The van der Waals surface area contributed by atoms with Gasteiger partial charge in [0.2, 0.25) is 5.91 Å². The molecule has 0 aromatic heterocycles. The van der Waals surface area contributed by atoms with Crippen molar-refractivity contribution in [3.8, 4) is 11.1 Å². The van der Waals surface area contributed by atoms with Crippen molar-refractivity contribution < 1.29 is 24.2 Å². The standard InChI is InChI=1S/C25H30N2O5/c1-3-9-22(24(30)27(4-2)15-14-23(28)29)26-25(31)32-16-21-19-12-7-5-10-17(19)18-11-6-8-13-20(18)21/h5-8,10-13,21-22H,3-4,9,14-16H2,1-2H3,(H,26,31)(H,28,29). The predicted octanol–water partition coefficient (Wildman–Crippen LogP) is 4.02. The molecule has 0 radical (unpaired) electrons. The normalized spacial score (nSPS) is 13.1. The smallest absolute Gasteiger partial charge is 0.407 e. The number of benzene rings is 2. The number of carboxylic acid groups (broad SMARTS) is 1. The van der Waals surface area contributed by atoms with Crippen LogP contribution in [0.15, 0.2) is 48.5 Å². The van der Waals surface area contributed by atoms with E-state index in [2.05, 4.69) is 17.4 Å². The SMILES string of the molecule is CCCC(NC(=O)OCC1c2ccccc2-c2ccccc21)C(=O)N(CC)CCC(=O)O. The van der Waals surface area contributed by atoms with Crippen molar-refractivity contribution in [3.63, 3.8) is 0 Å². The molecule has 0 spiro atoms. The summed E-state index contributed by atoms with van der Waals surface area (Å²) in [6.45, 7) is 4.36. The zero-order chi connectivity index (χ0) is 23.1. The van der Waals surface area contributed by atoms with Crippen LogP contribution in [0.4, 0.5) is 4.79 Å². The summed E-state index contributed by atoms with van der Waals surface area (Å²) in [7, 11) is 0. The average molecular weight is 439 g/mol. The van der Waals surface area contributed by atoms with E-state index < -0.39 is 18.1 Å². The molecule has 7 heteroatoms. The maximum Gasteiger partial charge on any atom is 0.407 e. The Balaban J connectivity index is 1.65. The lowest BCUT2D eigenvalue weighted by atomic mass is 9.98. The van der Waals surface area contributed by atoms with Gasteiger partial charge in [-0.25, -0.2) is 4.79 Å². The molecule has 0 aliphatic heterocycles. The second-order valence-corrected chi connectivity index (χ2v) is 7.87. The van der Waals surface area contributed by atoms with E-state index in [1.165, 1.54) is 4.90 Å². The number of nitrogens with one attached hydrogen (secondary N) is 1. The molecule has 1 aliphatic rings. The molecular formula is C25H30N2O5. The monoisotopic (exact) mass is 438 g/mol. The molecule has 32 heavy (non-hydrogen) atoms. The molecule has 2 N–H and O–H groups in total. The van der Waals surface area contributed by atoms with Gasteiger partial charge in [-0.1, -0.05) is 61.9 Å². The molecule has 1 atom stereocenters. The van der Waals surface area contributed by atoms with Gasteiger partial charge in [-0.05, 0) is 35.6 Å². The Bertz CT molecular complexity index is 929. The van der Waals surface area contributed by atoms with Crippen molar-refractivity contribution in [2.24, 2.45) is 0 Å². The lowest BCUT2D eigenvalue weighted by molar-refractivity contribution is -0.139. The van der Waals surface area contributed by atoms with E-state index in [1.54, 1.807) is 6.92 Å². The Hall–Kier alpha value is -3.35. The molecule has 0 fully saturated rings. The van der Waals surface area contributed by atoms with Crippen molar-refractivity contribution in [2.75, 3.05) is 19.7 Å². The highest BCUT2D eigenvalue weighted by molar-refractivity contribution is 5.86. The first-order chi connectivity index (χ1) is 15.5. The number of nitrogens with zero attached hydrogens (tertiary/aromatic N) is 1. The Morgan fingerprint density at radius 3 is 2.16 bits per heavy atom. The molecule has 0 saturated heterocycles. The number of hydrogen-bond acceptors (Lipinski definition) is 4. The molecule has 7 nitrogen and oxygen atoms in total. The molecule has 0 saturated carbocycles. The molecule has 1 unspecified atom stereocenters. The van der Waals surface area contributed by atoms with Crippen molar-refractivity contribution in [1.29, 1.82) is 0 Å². The quantitative estimate of drug-likeness (QED) is 0.584. The summed E-state index contributed by atoms with van der Waals surface area (Å²) >= 11 is 0. The van der Waals surface area contributed by atoms with Gasteiger partial charge in [0.25, 0.3) is 0 Å². The van der Waals surface area contributed by atoms with Gasteiger partial charge in [0.05, 0.1) is 6.42 Å². The van der Waals surface area contributed by atoms with Crippen molar-refractivity contribution >= 4 is 18.0 Å². The number of carbonyl (C=O) groups is 3. The molecule has 2 aromatic rings. The number of hydrogen-bond donors (Lipinski definition) is 2. The summed E-state index contributed by atoms with van der Waals surface area (Å²) in [5, 5.41) is 11.6. The van der Waals surface area contributed by atoms with Gasteiger partial charge in [0.15, 0.2) is 0 Å². The number of fused-ring (bicyclic) bond motifs is 3. The number of rotatable bonds is 10. The largest absolute Gasteiger partial charge is 0.481 e. The number of aliphatic carboxylic acids is 1. The lowest BCUT2D eigenvalue weighted by Crippen LogP contribution is -2.49. The minimum Gasteiger partial charge on any atom is -0.481 e. The molecule has 2 aromatic carbocycles. The van der Waals surface area contributed by atoms with Crippen molar-refractivity contribution in [1.82, 2.24) is 10.2 Å². The Morgan fingerprint density at radius 2 is 1.62 bits per heavy atom. The van der Waals surface area contributed by atoms with Crippen LogP contribution in [0.5, 0.6) is 0 Å². The van der Waals surface area contributed by atoms with Crippen LogP contribution in [-0.4, -0.2) is 53.7 Å². The second-order valence-electron chi connectivity index (χ2n) is 7.87. The van der Waals surface area contributed by atoms with Crippen LogP contribution in [0.1, 0.15) is 50.2 Å². The minimum absolute atomic E-state index is 0.0591. The van der Waals surface area contributed by atoms with E-state index in [9.17, 15) is 14.4 Å². The number of carboxylic acids is 1. The van der Waals surface area contributed by atoms with E-state index in [0.717, 1.165) is 22.3 Å². The van der Waals surface area contributed by atoms with Gasteiger partial charge in [0, 0.05) is 19.0 Å². The van der Waals surface area contributed by atoms with Gasteiger partial charge < -0.3 is 20.1 Å². The Kier molecular flexibility index (Phi) is 7.87. The van der Waals surface area contributed by atoms with Gasteiger partial charge in [-0.15, -0.1) is 0 Å². The maximum absolute atomic E-state index is 12.9. The third kappa shape index (κ3) is 5.28. The molecular weight excluding hydrogens is 408 g/mol. The van der Waals surface area contributed by atoms with Gasteiger partial charge in [-0.3, -0.25) is 9.59 Å². The van der Waals surface area contributed by atoms with E-state index >= 15 is 0 Å². The van der Waals surface area contributed by atoms with Crippen LogP contribution in [0, 0.1) is 0 Å². The third-order valence-electron chi connectivity index (χ3n) is 5.80. The number of ether oxygens (including phenoxy) is 1. The molecule has 3 rings (SSSR count). The number of amides is 2. The van der Waals surface area contributed by atoms with Crippen LogP contribution < -0.4 is 5.32 Å². The Labute approximate surface area is 188 Å². The topological polar surface area (TPSA) is 95.9 Å². The fourth-order valence-corrected chi connectivity index (χ4v) is 4.20. The maximum atomic E-state index is 12.9. The molecule has 2 amide bonds. The van der Waals surface area contributed by atoms with E-state index in [1.807, 2.05) is 43.3 Å². The second kappa shape index (κ2) is 10.8. The first kappa shape index (κ1) is 23.3. The van der Waals surface area contributed by atoms with Crippen LogP contribution in [-0.2, 0) is 14.3 Å². The van der Waals surface area contributed by atoms with E-state index in [-0.39, 0.29) is 31.4 Å². The lowest BCUT2D eigenvalue weighted by Gasteiger charge is -2.26. The zero-order valence-electron chi connectivity index (χ0n) is 18.5. The summed E-state index contributed by atoms with van der Waals surface area (Å²) in [6.07, 6.45) is 0.361.